The molecule has 0 spiro atoms. The van der Waals surface area contributed by atoms with E-state index in [1.54, 1.807) is 0 Å². The lowest BCUT2D eigenvalue weighted by molar-refractivity contribution is -0.124. The lowest BCUT2D eigenvalue weighted by Crippen LogP contribution is -2.48. The molecule has 6 nitrogen and oxygen atoms in total. The van der Waals surface area contributed by atoms with Gasteiger partial charge in [0.05, 0.1) is 13.2 Å². The second-order valence-electron chi connectivity index (χ2n) is 6.17. The third-order valence-corrected chi connectivity index (χ3v) is 4.42. The molecule has 0 aromatic heterocycles. The first-order valence-electron chi connectivity index (χ1n) is 8.04. The van der Waals surface area contributed by atoms with Crippen LogP contribution in [0.2, 0.25) is 0 Å². The van der Waals surface area contributed by atoms with Crippen molar-refractivity contribution < 1.29 is 14.3 Å². The number of amides is 2. The number of hydrogen-bond donors (Lipinski definition) is 3. The van der Waals surface area contributed by atoms with E-state index in [9.17, 15) is 9.59 Å². The Morgan fingerprint density at radius 3 is 2.59 bits per heavy atom. The van der Waals surface area contributed by atoms with Crippen molar-refractivity contribution >= 4 is 24.2 Å². The van der Waals surface area contributed by atoms with Crippen LogP contribution in [0.4, 0.5) is 0 Å². The summed E-state index contributed by atoms with van der Waals surface area (Å²) in [5.41, 5.74) is 5.34. The lowest BCUT2D eigenvalue weighted by Gasteiger charge is -2.31. The first kappa shape index (κ1) is 19.2. The van der Waals surface area contributed by atoms with Gasteiger partial charge in [-0.25, -0.2) is 0 Å². The van der Waals surface area contributed by atoms with Crippen LogP contribution in [0.5, 0.6) is 0 Å². The summed E-state index contributed by atoms with van der Waals surface area (Å²) in [5.74, 6) is 0.0191. The molecule has 1 saturated heterocycles. The van der Waals surface area contributed by atoms with Crippen molar-refractivity contribution in [2.75, 3.05) is 19.8 Å². The van der Waals surface area contributed by atoms with Crippen molar-refractivity contribution in [1.82, 2.24) is 10.6 Å². The highest BCUT2D eigenvalue weighted by atomic mass is 35.5. The van der Waals surface area contributed by atoms with Crippen molar-refractivity contribution in [2.45, 2.75) is 57.0 Å². The zero-order valence-corrected chi connectivity index (χ0v) is 13.8. The van der Waals surface area contributed by atoms with Gasteiger partial charge in [0, 0.05) is 31.5 Å². The fourth-order valence-corrected chi connectivity index (χ4v) is 3.33. The highest BCUT2D eigenvalue weighted by Gasteiger charge is 2.27. The molecule has 0 bridgehead atoms. The molecule has 0 aromatic carbocycles. The molecule has 128 valence electrons. The van der Waals surface area contributed by atoms with Gasteiger partial charge >= 0.3 is 0 Å². The van der Waals surface area contributed by atoms with Crippen molar-refractivity contribution in [3.8, 4) is 0 Å². The van der Waals surface area contributed by atoms with Crippen molar-refractivity contribution in [1.29, 1.82) is 0 Å². The number of halogens is 1. The van der Waals surface area contributed by atoms with Crippen LogP contribution in [0.3, 0.4) is 0 Å². The molecule has 2 rings (SSSR count). The Balaban J connectivity index is 0.00000242. The van der Waals surface area contributed by atoms with Crippen molar-refractivity contribution in [3.63, 3.8) is 0 Å². The molecule has 2 amide bonds. The molecule has 0 aromatic rings. The number of carbonyl (C=O) groups is 2. The fourth-order valence-electron chi connectivity index (χ4n) is 3.33. The third-order valence-electron chi connectivity index (χ3n) is 4.42. The first-order chi connectivity index (χ1) is 10.1. The van der Waals surface area contributed by atoms with Gasteiger partial charge < -0.3 is 21.1 Å². The van der Waals surface area contributed by atoms with E-state index in [0.29, 0.717) is 25.6 Å². The summed E-state index contributed by atoms with van der Waals surface area (Å²) < 4.78 is 5.35. The molecule has 2 unspecified atom stereocenters. The van der Waals surface area contributed by atoms with Gasteiger partial charge in [-0.1, -0.05) is 19.3 Å². The lowest BCUT2D eigenvalue weighted by atomic mass is 9.82. The van der Waals surface area contributed by atoms with Gasteiger partial charge in [0.2, 0.25) is 11.8 Å². The molecule has 0 radical (unpaired) electrons. The number of carbonyl (C=O) groups excluding carboxylic acids is 2. The van der Waals surface area contributed by atoms with E-state index in [1.807, 2.05) is 0 Å². The molecule has 1 heterocycles. The zero-order valence-electron chi connectivity index (χ0n) is 13.0. The van der Waals surface area contributed by atoms with Crippen LogP contribution in [0.1, 0.15) is 44.9 Å². The second kappa shape index (κ2) is 10.0. The van der Waals surface area contributed by atoms with Gasteiger partial charge in [0.15, 0.2) is 0 Å². The Bertz CT molecular complexity index is 356. The number of rotatable bonds is 6. The zero-order chi connectivity index (χ0) is 15.1. The Morgan fingerprint density at radius 2 is 2.00 bits per heavy atom. The molecule has 1 aliphatic carbocycles. The summed E-state index contributed by atoms with van der Waals surface area (Å²) in [5, 5.41) is 6.30. The minimum Gasteiger partial charge on any atom is -0.378 e. The molecule has 22 heavy (non-hydrogen) atoms. The number of ether oxygens (including phenoxy) is 1. The van der Waals surface area contributed by atoms with Crippen molar-refractivity contribution in [2.24, 2.45) is 11.7 Å². The van der Waals surface area contributed by atoms with Crippen LogP contribution in [0.25, 0.3) is 0 Å². The third kappa shape index (κ3) is 6.50. The standard InChI is InChI=1S/C15H27N3O3.ClH/c16-14(19)9-13(11-4-2-1-3-5-11)18-15(20)8-12-10-21-7-6-17-12;/h11-13,17H,1-10H2,(H2,16,19)(H,18,20);1H. The minimum atomic E-state index is -0.343. The first-order valence-corrected chi connectivity index (χ1v) is 8.04. The van der Waals surface area contributed by atoms with E-state index < -0.39 is 0 Å². The van der Waals surface area contributed by atoms with Gasteiger partial charge in [-0.05, 0) is 18.8 Å². The van der Waals surface area contributed by atoms with Crippen LogP contribution < -0.4 is 16.4 Å². The van der Waals surface area contributed by atoms with Crippen LogP contribution in [-0.4, -0.2) is 43.7 Å². The van der Waals surface area contributed by atoms with Gasteiger partial charge in [-0.3, -0.25) is 9.59 Å². The maximum absolute atomic E-state index is 12.2. The number of nitrogens with one attached hydrogen (secondary N) is 2. The molecule has 1 aliphatic heterocycles. The number of hydrogen-bond acceptors (Lipinski definition) is 4. The minimum absolute atomic E-state index is 0. The molecule has 4 N–H and O–H groups in total. The molecular weight excluding hydrogens is 306 g/mol. The average Bonchev–Trinajstić information content (AvgIpc) is 2.48. The normalized spacial score (nSPS) is 24.1. The summed E-state index contributed by atoms with van der Waals surface area (Å²) in [7, 11) is 0. The fraction of sp³-hybridized carbons (Fsp3) is 0.867. The average molecular weight is 334 g/mol. The monoisotopic (exact) mass is 333 g/mol. The Morgan fingerprint density at radius 1 is 1.27 bits per heavy atom. The summed E-state index contributed by atoms with van der Waals surface area (Å²) in [6, 6.07) is -0.0425. The maximum Gasteiger partial charge on any atom is 0.221 e. The number of morpholine rings is 1. The van der Waals surface area contributed by atoms with E-state index in [4.69, 9.17) is 10.5 Å². The molecule has 7 heteroatoms. The van der Waals surface area contributed by atoms with Crippen molar-refractivity contribution in [3.05, 3.63) is 0 Å². The second-order valence-corrected chi connectivity index (χ2v) is 6.17. The predicted molar refractivity (Wildman–Crippen MR) is 86.8 cm³/mol. The van der Waals surface area contributed by atoms with E-state index in [2.05, 4.69) is 10.6 Å². The Labute approximate surface area is 138 Å². The summed E-state index contributed by atoms with van der Waals surface area (Å²) in [6.45, 7) is 2.05. The molecule has 2 atom stereocenters. The van der Waals surface area contributed by atoms with E-state index >= 15 is 0 Å². The largest absolute Gasteiger partial charge is 0.378 e. The highest BCUT2D eigenvalue weighted by molar-refractivity contribution is 5.85. The van der Waals surface area contributed by atoms with Crippen LogP contribution in [-0.2, 0) is 14.3 Å². The van der Waals surface area contributed by atoms with Gasteiger partial charge in [-0.15, -0.1) is 12.4 Å². The van der Waals surface area contributed by atoms with Gasteiger partial charge in [0.25, 0.3) is 0 Å². The molecule has 1 saturated carbocycles. The predicted octanol–water partition coefficient (Wildman–Crippen LogP) is 0.727. The number of primary amides is 1. The van der Waals surface area contributed by atoms with E-state index in [0.717, 1.165) is 19.4 Å². The molecule has 2 fully saturated rings. The van der Waals surface area contributed by atoms with Gasteiger partial charge in [0.1, 0.15) is 0 Å². The van der Waals surface area contributed by atoms with Crippen LogP contribution in [0.15, 0.2) is 0 Å². The Hall–Kier alpha value is -0.850. The summed E-state index contributed by atoms with van der Waals surface area (Å²) >= 11 is 0. The quantitative estimate of drug-likeness (QED) is 0.668. The van der Waals surface area contributed by atoms with Crippen LogP contribution >= 0.6 is 12.4 Å². The summed E-state index contributed by atoms with van der Waals surface area (Å²) in [6.07, 6.45) is 6.37. The SMILES string of the molecule is Cl.NC(=O)CC(NC(=O)CC1COCCN1)C1CCCCC1. The summed E-state index contributed by atoms with van der Waals surface area (Å²) in [4.78, 5) is 23.4. The highest BCUT2D eigenvalue weighted by Crippen LogP contribution is 2.27. The molecular formula is C15H28ClN3O3. The number of nitrogens with two attached hydrogens (primary N) is 1. The maximum atomic E-state index is 12.2. The van der Waals surface area contributed by atoms with Gasteiger partial charge in [-0.2, -0.15) is 0 Å². The molecule has 2 aliphatic rings. The topological polar surface area (TPSA) is 93.5 Å². The van der Waals surface area contributed by atoms with E-state index in [-0.39, 0.29) is 42.7 Å². The smallest absolute Gasteiger partial charge is 0.221 e. The van der Waals surface area contributed by atoms with E-state index in [1.165, 1.54) is 19.3 Å². The Kier molecular flexibility index (Phi) is 8.75. The van der Waals surface area contributed by atoms with Crippen LogP contribution in [0, 0.1) is 5.92 Å².